The van der Waals surface area contributed by atoms with Gasteiger partial charge in [0.2, 0.25) is 0 Å². The third-order valence-corrected chi connectivity index (χ3v) is 3.53. The van der Waals surface area contributed by atoms with Crippen molar-refractivity contribution < 1.29 is 22.6 Å². The van der Waals surface area contributed by atoms with Crippen molar-refractivity contribution in [1.82, 2.24) is 0 Å². The highest BCUT2D eigenvalue weighted by molar-refractivity contribution is 7.86. The molecule has 0 aromatic heterocycles. The van der Waals surface area contributed by atoms with Crippen LogP contribution in [0, 0.1) is 17.9 Å². The highest BCUT2D eigenvalue weighted by Gasteiger charge is 2.11. The van der Waals surface area contributed by atoms with Crippen LogP contribution in [0.5, 0.6) is 0 Å². The summed E-state index contributed by atoms with van der Waals surface area (Å²) in [6.07, 6.45) is 0. The summed E-state index contributed by atoms with van der Waals surface area (Å²) in [5.41, 5.74) is 0.529. The Hall–Kier alpha value is -2.95. The first-order chi connectivity index (χ1) is 11.5. The molecule has 1 rings (SSSR count). The van der Waals surface area contributed by atoms with Crippen molar-refractivity contribution in [3.63, 3.8) is 0 Å². The third-order valence-electron chi connectivity index (χ3n) is 2.52. The van der Waals surface area contributed by atoms with Gasteiger partial charge in [0.05, 0.1) is 12.4 Å². The van der Waals surface area contributed by atoms with Crippen molar-refractivity contribution in [1.29, 1.82) is 5.26 Å². The van der Waals surface area contributed by atoms with Gasteiger partial charge >= 0.3 is 16.0 Å². The Morgan fingerprint density at radius 2 is 1.88 bits per heavy atom. The molecule has 0 saturated carbocycles. The Labute approximate surface area is 139 Å². The van der Waals surface area contributed by atoms with Crippen molar-refractivity contribution in [2.24, 2.45) is 10.3 Å². The van der Waals surface area contributed by atoms with Crippen molar-refractivity contribution in [3.05, 3.63) is 46.8 Å². The molecule has 24 heavy (non-hydrogen) atoms. The number of rotatable bonds is 8. The average molecular weight is 350 g/mol. The van der Waals surface area contributed by atoms with Gasteiger partial charge in [-0.1, -0.05) is 36.0 Å². The molecule has 126 valence electrons. The fourth-order valence-electron chi connectivity index (χ4n) is 1.31. The van der Waals surface area contributed by atoms with Gasteiger partial charge in [-0.05, 0) is 13.8 Å². The molecule has 0 bridgehead atoms. The molecule has 9 nitrogen and oxygen atoms in total. The van der Waals surface area contributed by atoms with Gasteiger partial charge in [-0.25, -0.2) is 0 Å². The first-order valence-corrected chi connectivity index (χ1v) is 8.29. The van der Waals surface area contributed by atoms with E-state index in [-0.39, 0.29) is 23.9 Å². The van der Waals surface area contributed by atoms with Crippen LogP contribution in [-0.4, -0.2) is 32.3 Å². The largest absolute Gasteiger partial charge is 0.357 e. The molecular weight excluding hydrogens is 336 g/mol. The summed E-state index contributed by atoms with van der Waals surface area (Å²) in [5.74, 6) is -0.311. The molecule has 0 spiro atoms. The maximum absolute atomic E-state index is 11.2. The number of benzene rings is 1. The lowest BCUT2D eigenvalue weighted by molar-refractivity contribution is -0.292. The van der Waals surface area contributed by atoms with Gasteiger partial charge in [-0.3, -0.25) is 4.28 Å². The third kappa shape index (κ3) is 5.68. The lowest BCUT2D eigenvalue weighted by Gasteiger charge is -2.01. The second-order valence-electron chi connectivity index (χ2n) is 4.06. The van der Waals surface area contributed by atoms with Crippen LogP contribution in [0.15, 0.2) is 34.6 Å². The number of hydrogen-bond acceptors (Lipinski definition) is 8. The van der Waals surface area contributed by atoms with Gasteiger partial charge in [0.25, 0.3) is 0 Å². The minimum Gasteiger partial charge on any atom is -0.357 e. The van der Waals surface area contributed by atoms with Gasteiger partial charge in [0.15, 0.2) is 5.71 Å². The molecule has 0 fully saturated rings. The fourth-order valence-corrected chi connectivity index (χ4v) is 1.61. The monoisotopic (exact) mass is 350 g/mol. The van der Waals surface area contributed by atoms with E-state index in [1.165, 1.54) is 31.2 Å². The van der Waals surface area contributed by atoms with Crippen LogP contribution < -0.4 is 0 Å². The van der Waals surface area contributed by atoms with Crippen LogP contribution in [-0.2, 0) is 24.3 Å². The van der Waals surface area contributed by atoms with Gasteiger partial charge in [-0.2, -0.15) is 13.7 Å². The second kappa shape index (κ2) is 9.25. The molecule has 1 aromatic carbocycles. The van der Waals surface area contributed by atoms with Crippen LogP contribution >= 0.6 is 0 Å². The lowest BCUT2D eigenvalue weighted by Crippen LogP contribution is -2.07. The van der Waals surface area contributed by atoms with Crippen LogP contribution in [0.2, 0.25) is 0 Å². The highest BCUT2D eigenvalue weighted by atomic mass is 32.2. The summed E-state index contributed by atoms with van der Waals surface area (Å²) >= 11 is 0. The van der Waals surface area contributed by atoms with Crippen LogP contribution in [0.25, 0.3) is 4.85 Å². The number of amidine groups is 1. The number of hydrogen-bond donors (Lipinski definition) is 0. The predicted octanol–water partition coefficient (Wildman–Crippen LogP) is 1.83. The zero-order valence-corrected chi connectivity index (χ0v) is 13.8. The number of nitriles is 1. The minimum atomic E-state index is -3.80. The van der Waals surface area contributed by atoms with Gasteiger partial charge in [0, 0.05) is 11.1 Å². The smallest absolute Gasteiger partial charge is 0.328 e. The maximum atomic E-state index is 11.2. The van der Waals surface area contributed by atoms with Gasteiger partial charge in [0.1, 0.15) is 11.2 Å². The van der Waals surface area contributed by atoms with Crippen molar-refractivity contribution in [2.45, 2.75) is 13.8 Å². The van der Waals surface area contributed by atoms with E-state index in [0.717, 1.165) is 0 Å². The molecule has 10 heteroatoms. The van der Waals surface area contributed by atoms with E-state index < -0.39 is 10.1 Å². The normalized spacial score (nSPS) is 12.2. The molecule has 0 unspecified atom stereocenters. The Morgan fingerprint density at radius 1 is 1.25 bits per heavy atom. The molecule has 0 N–H and O–H groups in total. The first kappa shape index (κ1) is 19.1. The predicted molar refractivity (Wildman–Crippen MR) is 85.0 cm³/mol. The Morgan fingerprint density at radius 3 is 2.38 bits per heavy atom. The molecule has 0 amide bonds. The quantitative estimate of drug-likeness (QED) is 0.176. The summed E-state index contributed by atoms with van der Waals surface area (Å²) in [5, 5.41) is 15.9. The molecule has 0 radical (unpaired) electrons. The van der Waals surface area contributed by atoms with Crippen LogP contribution in [0.3, 0.4) is 0 Å². The SMILES string of the molecule is [C-]#[N+]/C(=N\OOCC)c1ccc(/C(C#N)=N/OS(=O)(=O)CC)cc1. The lowest BCUT2D eigenvalue weighted by atomic mass is 10.1. The second-order valence-corrected chi connectivity index (χ2v) is 5.90. The fraction of sp³-hybridized carbons (Fsp3) is 0.286. The van der Waals surface area contributed by atoms with Crippen LogP contribution in [0.1, 0.15) is 25.0 Å². The molecule has 0 saturated heterocycles. The molecular formula is C14H14N4O5S. The molecule has 0 aliphatic carbocycles. The maximum Gasteiger partial charge on any atom is 0.328 e. The average Bonchev–Trinajstić information content (AvgIpc) is 2.60. The standard InChI is InChI=1S/C14H14N4O5S/c1-4-21-22-18-14(16-3)12-8-6-11(7-9-12)13(10-15)17-23-24(19,20)5-2/h6-9H,4-5H2,1-2H3/b17-13+,18-14-. The molecule has 0 aliphatic rings. The van der Waals surface area contributed by atoms with E-state index >= 15 is 0 Å². The Kier molecular flexibility index (Phi) is 7.36. The van der Waals surface area contributed by atoms with Crippen molar-refractivity contribution in [3.8, 4) is 6.07 Å². The summed E-state index contributed by atoms with van der Waals surface area (Å²) < 4.78 is 26.9. The van der Waals surface area contributed by atoms with E-state index in [4.69, 9.17) is 11.8 Å². The summed E-state index contributed by atoms with van der Waals surface area (Å²) in [7, 11) is -3.80. The summed E-state index contributed by atoms with van der Waals surface area (Å²) in [4.78, 5) is 12.3. The Bertz CT molecular complexity index is 801. The van der Waals surface area contributed by atoms with E-state index in [1.807, 2.05) is 0 Å². The van der Waals surface area contributed by atoms with Crippen molar-refractivity contribution in [2.75, 3.05) is 12.4 Å². The van der Waals surface area contributed by atoms with Gasteiger partial charge < -0.3 is 4.85 Å². The van der Waals surface area contributed by atoms with Crippen LogP contribution in [0.4, 0.5) is 0 Å². The summed E-state index contributed by atoms with van der Waals surface area (Å²) in [6, 6.07) is 7.70. The minimum absolute atomic E-state index is 0.0461. The molecule has 0 heterocycles. The summed E-state index contributed by atoms with van der Waals surface area (Å²) in [6.45, 7) is 10.4. The number of nitrogens with zero attached hydrogens (tertiary/aromatic N) is 4. The highest BCUT2D eigenvalue weighted by Crippen LogP contribution is 2.09. The first-order valence-electron chi connectivity index (χ1n) is 6.71. The van der Waals surface area contributed by atoms with E-state index in [2.05, 4.69) is 29.3 Å². The van der Waals surface area contributed by atoms with E-state index in [0.29, 0.717) is 11.1 Å². The van der Waals surface area contributed by atoms with E-state index in [9.17, 15) is 8.42 Å². The van der Waals surface area contributed by atoms with Gasteiger partial charge in [-0.15, -0.1) is 9.88 Å². The molecule has 0 aliphatic heterocycles. The zero-order valence-electron chi connectivity index (χ0n) is 13.0. The topological polar surface area (TPSA) is 115 Å². The molecule has 0 atom stereocenters. The van der Waals surface area contributed by atoms with Crippen molar-refractivity contribution >= 4 is 21.7 Å². The molecule has 1 aromatic rings. The zero-order chi connectivity index (χ0) is 18.0. The Balaban J connectivity index is 3.01. The number of oxime groups is 2. The van der Waals surface area contributed by atoms with E-state index in [1.54, 1.807) is 13.0 Å².